The molecule has 2 aromatic rings. The molecule has 0 aromatic carbocycles. The fraction of sp³-hybridized carbons (Fsp3) is 0. The Morgan fingerprint density at radius 1 is 1.50 bits per heavy atom. The number of nitro groups is 1. The van der Waals surface area contributed by atoms with Gasteiger partial charge in [0, 0.05) is 6.20 Å². The van der Waals surface area contributed by atoms with Gasteiger partial charge in [0.25, 0.3) is 0 Å². The van der Waals surface area contributed by atoms with E-state index in [0.717, 1.165) is 6.33 Å². The van der Waals surface area contributed by atoms with Gasteiger partial charge in [0.15, 0.2) is 0 Å². The molecule has 0 radical (unpaired) electrons. The van der Waals surface area contributed by atoms with Crippen LogP contribution in [0.2, 0.25) is 0 Å². The summed E-state index contributed by atoms with van der Waals surface area (Å²) in [6, 6.07) is 0. The van der Waals surface area contributed by atoms with E-state index >= 15 is 0 Å². The number of nitrogens with two attached hydrogens (primary N) is 1. The fourth-order valence-corrected chi connectivity index (χ4v) is 1.43. The van der Waals surface area contributed by atoms with Crippen LogP contribution in [0.3, 0.4) is 0 Å². The Labute approximate surface area is 97.4 Å². The van der Waals surface area contributed by atoms with Crippen LogP contribution in [0.4, 0.5) is 11.5 Å². The maximum atomic E-state index is 10.8. The molecule has 0 aliphatic carbocycles. The molecule has 0 saturated heterocycles. The smallest absolute Gasteiger partial charge is 0.355 e. The number of halogens is 1. The zero-order chi connectivity index (χ0) is 11.7. The predicted octanol–water partition coefficient (Wildman–Crippen LogP) is 0.915. The second-order valence-electron chi connectivity index (χ2n) is 2.79. The van der Waals surface area contributed by atoms with Gasteiger partial charge in [0.05, 0.1) is 15.6 Å². The van der Waals surface area contributed by atoms with Crippen LogP contribution >= 0.6 is 15.9 Å². The molecule has 9 heteroatoms. The average molecular weight is 285 g/mol. The van der Waals surface area contributed by atoms with E-state index in [1.54, 1.807) is 0 Å². The molecule has 0 amide bonds. The Hall–Kier alpha value is -2.03. The van der Waals surface area contributed by atoms with Crippen LogP contribution in [0.15, 0.2) is 23.2 Å². The normalized spacial score (nSPS) is 10.3. The molecular formula is C7H5BrN6O2. The SMILES string of the molecule is Nc1ncnc(-n2cc(Br)cn2)c1[N+](=O)[O-]. The third kappa shape index (κ3) is 1.72. The van der Waals surface area contributed by atoms with E-state index in [0.29, 0.717) is 4.47 Å². The third-order valence-electron chi connectivity index (χ3n) is 1.78. The monoisotopic (exact) mass is 284 g/mol. The minimum absolute atomic E-state index is 0.0307. The highest BCUT2D eigenvalue weighted by molar-refractivity contribution is 9.10. The van der Waals surface area contributed by atoms with Crippen molar-refractivity contribution in [3.8, 4) is 5.82 Å². The van der Waals surface area contributed by atoms with Gasteiger partial charge >= 0.3 is 5.69 Å². The summed E-state index contributed by atoms with van der Waals surface area (Å²) >= 11 is 3.18. The average Bonchev–Trinajstić information content (AvgIpc) is 2.63. The molecule has 16 heavy (non-hydrogen) atoms. The topological polar surface area (TPSA) is 113 Å². The molecule has 2 rings (SSSR count). The Kier molecular flexibility index (Phi) is 2.52. The van der Waals surface area contributed by atoms with Gasteiger partial charge < -0.3 is 5.73 Å². The van der Waals surface area contributed by atoms with Crippen molar-refractivity contribution < 1.29 is 4.92 Å². The highest BCUT2D eigenvalue weighted by Gasteiger charge is 2.22. The molecule has 0 saturated carbocycles. The number of anilines is 1. The minimum atomic E-state index is -0.639. The first-order chi connectivity index (χ1) is 7.59. The second-order valence-corrected chi connectivity index (χ2v) is 3.71. The standard InChI is InChI=1S/C7H5BrN6O2/c8-4-1-12-13(2-4)7-5(14(15)16)6(9)10-3-11-7/h1-3H,(H2,9,10,11). The van der Waals surface area contributed by atoms with Gasteiger partial charge in [-0.25, -0.2) is 14.6 Å². The summed E-state index contributed by atoms with van der Waals surface area (Å²) in [5.74, 6) is -0.162. The van der Waals surface area contributed by atoms with E-state index in [1.165, 1.54) is 17.1 Å². The lowest BCUT2D eigenvalue weighted by Crippen LogP contribution is -2.07. The largest absolute Gasteiger partial charge is 0.378 e. The lowest BCUT2D eigenvalue weighted by Gasteiger charge is -2.02. The van der Waals surface area contributed by atoms with Crippen LogP contribution in [-0.2, 0) is 0 Å². The maximum Gasteiger partial charge on any atom is 0.355 e. The highest BCUT2D eigenvalue weighted by Crippen LogP contribution is 2.25. The lowest BCUT2D eigenvalue weighted by molar-refractivity contribution is -0.384. The summed E-state index contributed by atoms with van der Waals surface area (Å²) in [7, 11) is 0. The van der Waals surface area contributed by atoms with Gasteiger partial charge in [-0.3, -0.25) is 10.1 Å². The molecule has 0 unspecified atom stereocenters. The molecule has 0 fully saturated rings. The first-order valence-electron chi connectivity index (χ1n) is 4.05. The van der Waals surface area contributed by atoms with Crippen molar-refractivity contribution in [3.05, 3.63) is 33.3 Å². The Bertz CT molecular complexity index is 554. The molecule has 0 aliphatic rings. The number of nitrogen functional groups attached to an aromatic ring is 1. The molecule has 0 bridgehead atoms. The Morgan fingerprint density at radius 3 is 2.81 bits per heavy atom. The summed E-state index contributed by atoms with van der Waals surface area (Å²) < 4.78 is 1.93. The van der Waals surface area contributed by atoms with E-state index in [9.17, 15) is 10.1 Å². The van der Waals surface area contributed by atoms with Gasteiger partial charge in [-0.1, -0.05) is 0 Å². The number of hydrogen-bond acceptors (Lipinski definition) is 6. The number of aromatic nitrogens is 4. The van der Waals surface area contributed by atoms with Crippen molar-refractivity contribution in [3.63, 3.8) is 0 Å². The summed E-state index contributed by atoms with van der Waals surface area (Å²) in [5, 5.41) is 14.7. The lowest BCUT2D eigenvalue weighted by atomic mass is 10.4. The Balaban J connectivity index is 2.65. The van der Waals surface area contributed by atoms with Gasteiger partial charge in [-0.2, -0.15) is 5.10 Å². The predicted molar refractivity (Wildman–Crippen MR) is 57.9 cm³/mol. The zero-order valence-electron chi connectivity index (χ0n) is 7.74. The molecule has 8 nitrogen and oxygen atoms in total. The van der Waals surface area contributed by atoms with Crippen molar-refractivity contribution in [1.82, 2.24) is 19.7 Å². The van der Waals surface area contributed by atoms with Crippen LogP contribution in [0.25, 0.3) is 5.82 Å². The molecule has 82 valence electrons. The minimum Gasteiger partial charge on any atom is -0.378 e. The first-order valence-corrected chi connectivity index (χ1v) is 4.84. The third-order valence-corrected chi connectivity index (χ3v) is 2.19. The van der Waals surface area contributed by atoms with E-state index < -0.39 is 4.92 Å². The first kappa shape index (κ1) is 10.5. The molecule has 0 aliphatic heterocycles. The van der Waals surface area contributed by atoms with Crippen LogP contribution < -0.4 is 5.73 Å². The second kappa shape index (κ2) is 3.85. The van der Waals surface area contributed by atoms with Gasteiger partial charge in [-0.15, -0.1) is 0 Å². The number of rotatable bonds is 2. The van der Waals surface area contributed by atoms with E-state index in [1.807, 2.05) is 0 Å². The van der Waals surface area contributed by atoms with Crippen LogP contribution in [0.1, 0.15) is 0 Å². The molecule has 0 atom stereocenters. The number of nitrogens with zero attached hydrogens (tertiary/aromatic N) is 5. The van der Waals surface area contributed by atoms with Crippen molar-refractivity contribution in [2.45, 2.75) is 0 Å². The van der Waals surface area contributed by atoms with Gasteiger partial charge in [-0.05, 0) is 15.9 Å². The molecule has 2 heterocycles. The summed E-state index contributed by atoms with van der Waals surface area (Å²) in [5.41, 5.74) is 5.06. The van der Waals surface area contributed by atoms with Crippen molar-refractivity contribution in [2.24, 2.45) is 0 Å². The maximum absolute atomic E-state index is 10.8. The van der Waals surface area contributed by atoms with Crippen molar-refractivity contribution in [2.75, 3.05) is 5.73 Å². The highest BCUT2D eigenvalue weighted by atomic mass is 79.9. The van der Waals surface area contributed by atoms with Crippen molar-refractivity contribution in [1.29, 1.82) is 0 Å². The van der Waals surface area contributed by atoms with E-state index in [-0.39, 0.29) is 17.3 Å². The summed E-state index contributed by atoms with van der Waals surface area (Å²) in [6.45, 7) is 0. The summed E-state index contributed by atoms with van der Waals surface area (Å²) in [6.07, 6.45) is 4.17. The van der Waals surface area contributed by atoms with Gasteiger partial charge in [0.2, 0.25) is 11.6 Å². The number of hydrogen-bond donors (Lipinski definition) is 1. The van der Waals surface area contributed by atoms with Gasteiger partial charge in [0.1, 0.15) is 6.33 Å². The quantitative estimate of drug-likeness (QED) is 0.648. The van der Waals surface area contributed by atoms with Crippen LogP contribution in [0.5, 0.6) is 0 Å². The Morgan fingerprint density at radius 2 is 2.25 bits per heavy atom. The van der Waals surface area contributed by atoms with Crippen molar-refractivity contribution >= 4 is 27.4 Å². The summed E-state index contributed by atoms with van der Waals surface area (Å²) in [4.78, 5) is 17.5. The van der Waals surface area contributed by atoms with Crippen LogP contribution in [0, 0.1) is 10.1 Å². The molecule has 2 N–H and O–H groups in total. The molecular weight excluding hydrogens is 280 g/mol. The van der Waals surface area contributed by atoms with Crippen LogP contribution in [-0.4, -0.2) is 24.7 Å². The van der Waals surface area contributed by atoms with E-state index in [4.69, 9.17) is 5.73 Å². The molecule has 2 aromatic heterocycles. The van der Waals surface area contributed by atoms with E-state index in [2.05, 4.69) is 31.0 Å². The molecule has 0 spiro atoms. The zero-order valence-corrected chi connectivity index (χ0v) is 9.33. The fourth-order valence-electron chi connectivity index (χ4n) is 1.14.